The molecule has 0 atom stereocenters. The SMILES string of the molecule is C=C(C)C(=O)OCCCCOC(=O)C(=C)C.C=CC(=O)OCCCCOC(=O)C=C.C=COC(=O)CCCCC(=O)OC=C. The Labute approximate surface area is 260 Å². The third-order valence-electron chi connectivity index (χ3n) is 4.50. The molecule has 0 amide bonds. The molecule has 0 aromatic rings. The lowest BCUT2D eigenvalue weighted by molar-refractivity contribution is -0.141. The predicted octanol–water partition coefficient (Wildman–Crippen LogP) is 5.15. The molecule has 0 aromatic heterocycles. The standard InChI is InChI=1S/C12H18O4.2C10H14O4/c1-9(2)11(13)15-7-5-6-8-16-12(14)10(3)4;1-3-13-9(11)7-5-6-8-10(12)14-4-2;1-3-9(11)13-7-5-6-8-14-10(12)4-2/h1,3,5-8H2,2,4H3;2*3-4H,1-2,5-8H2. The minimum Gasteiger partial charge on any atom is -0.463 e. The van der Waals surface area contributed by atoms with Crippen molar-refractivity contribution in [3.8, 4) is 0 Å². The van der Waals surface area contributed by atoms with Crippen LogP contribution in [0.4, 0.5) is 0 Å². The van der Waals surface area contributed by atoms with Crippen LogP contribution in [0.5, 0.6) is 0 Å². The van der Waals surface area contributed by atoms with Crippen molar-refractivity contribution < 1.29 is 57.2 Å². The van der Waals surface area contributed by atoms with Gasteiger partial charge in [-0.1, -0.05) is 39.5 Å². The molecule has 0 rings (SSSR count). The summed E-state index contributed by atoms with van der Waals surface area (Å²) in [4.78, 5) is 64.6. The van der Waals surface area contributed by atoms with Crippen LogP contribution in [0.1, 0.15) is 65.2 Å². The van der Waals surface area contributed by atoms with E-state index in [1.165, 1.54) is 0 Å². The van der Waals surface area contributed by atoms with Gasteiger partial charge >= 0.3 is 35.8 Å². The highest BCUT2D eigenvalue weighted by atomic mass is 16.5. The van der Waals surface area contributed by atoms with E-state index in [0.717, 1.165) is 24.7 Å². The molecule has 44 heavy (non-hydrogen) atoms. The van der Waals surface area contributed by atoms with Crippen LogP contribution in [0, 0.1) is 0 Å². The van der Waals surface area contributed by atoms with Gasteiger partial charge in [-0.3, -0.25) is 9.59 Å². The van der Waals surface area contributed by atoms with Gasteiger partial charge in [0.25, 0.3) is 0 Å². The normalized spacial score (nSPS) is 9.05. The van der Waals surface area contributed by atoms with Crippen molar-refractivity contribution in [2.45, 2.75) is 65.2 Å². The lowest BCUT2D eigenvalue weighted by atomic mass is 10.2. The van der Waals surface area contributed by atoms with Gasteiger partial charge < -0.3 is 28.4 Å². The second-order valence-corrected chi connectivity index (χ2v) is 8.51. The van der Waals surface area contributed by atoms with Crippen LogP contribution in [0.3, 0.4) is 0 Å². The van der Waals surface area contributed by atoms with Gasteiger partial charge in [-0.05, 0) is 52.4 Å². The maximum absolute atomic E-state index is 11.0. The van der Waals surface area contributed by atoms with E-state index in [2.05, 4.69) is 48.9 Å². The van der Waals surface area contributed by atoms with Crippen LogP contribution in [0.2, 0.25) is 0 Å². The van der Waals surface area contributed by atoms with Gasteiger partial charge in [-0.2, -0.15) is 0 Å². The fourth-order valence-corrected chi connectivity index (χ4v) is 2.29. The summed E-state index contributed by atoms with van der Waals surface area (Å²) in [6.07, 6.45) is 8.79. The van der Waals surface area contributed by atoms with Crippen LogP contribution in [0.15, 0.2) is 75.3 Å². The van der Waals surface area contributed by atoms with Crippen molar-refractivity contribution in [1.82, 2.24) is 0 Å². The lowest BCUT2D eigenvalue weighted by Gasteiger charge is -2.05. The molecule has 0 aliphatic rings. The Balaban J connectivity index is -0.000000575. The number of ether oxygens (including phenoxy) is 6. The van der Waals surface area contributed by atoms with Gasteiger partial charge in [0.05, 0.1) is 39.0 Å². The highest BCUT2D eigenvalue weighted by Crippen LogP contribution is 2.03. The predicted molar refractivity (Wildman–Crippen MR) is 163 cm³/mol. The van der Waals surface area contributed by atoms with Crippen molar-refractivity contribution in [3.05, 3.63) is 75.3 Å². The number of hydrogen-bond acceptors (Lipinski definition) is 12. The number of carbonyl (C=O) groups excluding carboxylic acids is 6. The van der Waals surface area contributed by atoms with E-state index in [1.54, 1.807) is 13.8 Å². The van der Waals surface area contributed by atoms with E-state index in [4.69, 9.17) is 18.9 Å². The highest BCUT2D eigenvalue weighted by molar-refractivity contribution is 5.87. The van der Waals surface area contributed by atoms with Crippen LogP contribution in [0.25, 0.3) is 0 Å². The summed E-state index contributed by atoms with van der Waals surface area (Å²) in [6, 6.07) is 0. The molecule has 0 spiro atoms. The van der Waals surface area contributed by atoms with Crippen LogP contribution in [-0.4, -0.2) is 62.2 Å². The summed E-state index contributed by atoms with van der Waals surface area (Å²) in [6.45, 7) is 24.4. The number of esters is 6. The van der Waals surface area contributed by atoms with Crippen LogP contribution >= 0.6 is 0 Å². The summed E-state index contributed by atoms with van der Waals surface area (Å²) in [7, 11) is 0. The average molecular weight is 623 g/mol. The van der Waals surface area contributed by atoms with Gasteiger partial charge in [-0.25, -0.2) is 19.2 Å². The second-order valence-electron chi connectivity index (χ2n) is 8.51. The smallest absolute Gasteiger partial charge is 0.333 e. The van der Waals surface area contributed by atoms with E-state index in [9.17, 15) is 28.8 Å². The Hall–Kier alpha value is -4.74. The third kappa shape index (κ3) is 33.5. The van der Waals surface area contributed by atoms with Crippen molar-refractivity contribution in [1.29, 1.82) is 0 Å². The molecule has 0 heterocycles. The summed E-state index contributed by atoms with van der Waals surface area (Å²) < 4.78 is 28.1. The first-order valence-electron chi connectivity index (χ1n) is 13.7. The molecule has 0 aliphatic heterocycles. The summed E-state index contributed by atoms with van der Waals surface area (Å²) in [5.41, 5.74) is 0.766. The van der Waals surface area contributed by atoms with Crippen molar-refractivity contribution >= 4 is 35.8 Å². The Morgan fingerprint density at radius 2 is 0.795 bits per heavy atom. The average Bonchev–Trinajstić information content (AvgIpc) is 2.99. The Kier molecular flexibility index (Phi) is 31.0. The van der Waals surface area contributed by atoms with Crippen molar-refractivity contribution in [2.75, 3.05) is 26.4 Å². The lowest BCUT2D eigenvalue weighted by Crippen LogP contribution is -2.09. The molecule has 0 fully saturated rings. The zero-order chi connectivity index (χ0) is 34.2. The van der Waals surface area contributed by atoms with Gasteiger partial charge in [0.15, 0.2) is 0 Å². The summed E-state index contributed by atoms with van der Waals surface area (Å²) in [5.74, 6) is -2.33. The summed E-state index contributed by atoms with van der Waals surface area (Å²) >= 11 is 0. The summed E-state index contributed by atoms with van der Waals surface area (Å²) in [5, 5.41) is 0. The topological polar surface area (TPSA) is 158 Å². The first-order chi connectivity index (χ1) is 20.9. The second kappa shape index (κ2) is 31.2. The molecule has 0 N–H and O–H groups in total. The van der Waals surface area contributed by atoms with Gasteiger partial charge in [0, 0.05) is 36.1 Å². The maximum atomic E-state index is 11.0. The van der Waals surface area contributed by atoms with Crippen LogP contribution in [-0.2, 0) is 57.2 Å². The molecule has 246 valence electrons. The largest absolute Gasteiger partial charge is 0.463 e. The van der Waals surface area contributed by atoms with Gasteiger partial charge in [0.2, 0.25) is 0 Å². The number of unbranched alkanes of at least 4 members (excludes halogenated alkanes) is 3. The van der Waals surface area contributed by atoms with E-state index in [1.807, 2.05) is 0 Å². The number of rotatable bonds is 21. The minimum atomic E-state index is -0.437. The zero-order valence-electron chi connectivity index (χ0n) is 25.9. The van der Waals surface area contributed by atoms with Gasteiger partial charge in [0.1, 0.15) is 0 Å². The molecule has 0 unspecified atom stereocenters. The van der Waals surface area contributed by atoms with E-state index >= 15 is 0 Å². The highest BCUT2D eigenvalue weighted by Gasteiger charge is 2.05. The minimum absolute atomic E-state index is 0.285. The molecule has 0 bridgehead atoms. The third-order valence-corrected chi connectivity index (χ3v) is 4.50. The fourth-order valence-electron chi connectivity index (χ4n) is 2.29. The quantitative estimate of drug-likeness (QED) is 0.0546. The first-order valence-corrected chi connectivity index (χ1v) is 13.7. The van der Waals surface area contributed by atoms with Crippen molar-refractivity contribution in [3.63, 3.8) is 0 Å². The molecule has 0 aliphatic carbocycles. The molecule has 0 saturated carbocycles. The molecule has 0 radical (unpaired) electrons. The van der Waals surface area contributed by atoms with Gasteiger partial charge in [-0.15, -0.1) is 0 Å². The zero-order valence-corrected chi connectivity index (χ0v) is 25.9. The van der Waals surface area contributed by atoms with E-state index in [-0.39, 0.29) is 36.7 Å². The molecule has 0 saturated heterocycles. The maximum Gasteiger partial charge on any atom is 0.333 e. The molecular weight excluding hydrogens is 576 g/mol. The number of hydrogen-bond donors (Lipinski definition) is 0. The molecular formula is C32H46O12. The molecule has 12 heteroatoms. The van der Waals surface area contributed by atoms with E-state index < -0.39 is 11.9 Å². The Bertz CT molecular complexity index is 900. The first kappa shape index (κ1) is 43.7. The number of carbonyl (C=O) groups is 6. The Morgan fingerprint density at radius 1 is 0.500 bits per heavy atom. The van der Waals surface area contributed by atoms with E-state index in [0.29, 0.717) is 76.1 Å². The molecule has 0 aromatic carbocycles. The van der Waals surface area contributed by atoms with Crippen molar-refractivity contribution in [2.24, 2.45) is 0 Å². The van der Waals surface area contributed by atoms with Crippen LogP contribution < -0.4 is 0 Å². The molecule has 12 nitrogen and oxygen atoms in total. The Morgan fingerprint density at radius 3 is 1.05 bits per heavy atom. The fraction of sp³-hybridized carbons (Fsp3) is 0.438. The monoisotopic (exact) mass is 622 g/mol.